The summed E-state index contributed by atoms with van der Waals surface area (Å²) >= 11 is 4.28. The Morgan fingerprint density at radius 2 is 1.87 bits per heavy atom. The fraction of sp³-hybridized carbons (Fsp3) is 0.257. The van der Waals surface area contributed by atoms with Gasteiger partial charge in [0.2, 0.25) is 5.91 Å². The van der Waals surface area contributed by atoms with Gasteiger partial charge in [0.15, 0.2) is 0 Å². The molecule has 0 saturated heterocycles. The molecular formula is C35H35N3O5S3. The van der Waals surface area contributed by atoms with E-state index >= 15 is 0 Å². The average Bonchev–Trinajstić information content (AvgIpc) is 3.68. The number of rotatable bonds is 11. The number of hydrogen-bond acceptors (Lipinski definition) is 8. The molecule has 4 aromatic rings. The van der Waals surface area contributed by atoms with Crippen LogP contribution in [-0.2, 0) is 27.2 Å². The number of anilines is 2. The zero-order chi connectivity index (χ0) is 32.6. The lowest BCUT2D eigenvalue weighted by molar-refractivity contribution is -0.115. The molecule has 238 valence electrons. The molecule has 2 unspecified atom stereocenters. The van der Waals surface area contributed by atoms with Gasteiger partial charge < -0.3 is 20.7 Å². The van der Waals surface area contributed by atoms with Crippen molar-refractivity contribution in [1.29, 1.82) is 0 Å². The summed E-state index contributed by atoms with van der Waals surface area (Å²) in [6, 6.07) is 17.7. The second-order valence-corrected chi connectivity index (χ2v) is 14.2. The largest absolute Gasteiger partial charge is 0.462 e. The van der Waals surface area contributed by atoms with E-state index in [2.05, 4.69) is 22.9 Å². The van der Waals surface area contributed by atoms with Crippen molar-refractivity contribution < 1.29 is 23.9 Å². The highest BCUT2D eigenvalue weighted by Crippen LogP contribution is 2.40. The fourth-order valence-corrected chi connectivity index (χ4v) is 7.99. The molecule has 0 fully saturated rings. The van der Waals surface area contributed by atoms with Gasteiger partial charge in [0.25, 0.3) is 11.8 Å². The van der Waals surface area contributed by atoms with Crippen LogP contribution in [0.1, 0.15) is 63.9 Å². The van der Waals surface area contributed by atoms with E-state index in [4.69, 9.17) is 4.74 Å². The first-order chi connectivity index (χ1) is 22.2. The second kappa shape index (κ2) is 15.4. The van der Waals surface area contributed by atoms with Crippen molar-refractivity contribution in [2.45, 2.75) is 50.2 Å². The van der Waals surface area contributed by atoms with Gasteiger partial charge in [0.05, 0.1) is 17.4 Å². The summed E-state index contributed by atoms with van der Waals surface area (Å²) in [7, 11) is 0. The van der Waals surface area contributed by atoms with Gasteiger partial charge in [-0.05, 0) is 103 Å². The van der Waals surface area contributed by atoms with Crippen LogP contribution >= 0.6 is 34.4 Å². The Hall–Kier alpha value is -4.19. The highest BCUT2D eigenvalue weighted by Gasteiger charge is 2.30. The highest BCUT2D eigenvalue weighted by molar-refractivity contribution is 8.00. The third kappa shape index (κ3) is 8.34. The highest BCUT2D eigenvalue weighted by atomic mass is 32.2. The number of benzene rings is 2. The van der Waals surface area contributed by atoms with E-state index in [1.54, 1.807) is 62.4 Å². The smallest absolute Gasteiger partial charge is 0.341 e. The first-order valence-corrected chi connectivity index (χ1v) is 17.7. The fourth-order valence-electron chi connectivity index (χ4n) is 5.04. The van der Waals surface area contributed by atoms with Crippen molar-refractivity contribution in [2.75, 3.05) is 17.2 Å². The lowest BCUT2D eigenvalue weighted by atomic mass is 9.88. The van der Waals surface area contributed by atoms with E-state index in [0.29, 0.717) is 27.7 Å². The minimum atomic E-state index is -0.502. The normalized spacial score (nSPS) is 14.9. The van der Waals surface area contributed by atoms with Crippen LogP contribution in [0.4, 0.5) is 10.7 Å². The van der Waals surface area contributed by atoms with Crippen molar-refractivity contribution in [1.82, 2.24) is 5.32 Å². The molecule has 8 nitrogen and oxygen atoms in total. The topological polar surface area (TPSA) is 114 Å². The minimum absolute atomic E-state index is 0.100. The summed E-state index contributed by atoms with van der Waals surface area (Å²) in [4.78, 5) is 54.4. The molecule has 0 saturated carbocycles. The maximum Gasteiger partial charge on any atom is 0.341 e. The Labute approximate surface area is 280 Å². The molecule has 0 aliphatic heterocycles. The van der Waals surface area contributed by atoms with Crippen LogP contribution in [0.2, 0.25) is 0 Å². The van der Waals surface area contributed by atoms with Gasteiger partial charge in [-0.15, -0.1) is 23.1 Å². The average molecular weight is 674 g/mol. The zero-order valence-corrected chi connectivity index (χ0v) is 28.2. The van der Waals surface area contributed by atoms with Crippen molar-refractivity contribution in [2.24, 2.45) is 5.92 Å². The third-order valence-corrected chi connectivity index (χ3v) is 10.3. The summed E-state index contributed by atoms with van der Waals surface area (Å²) in [6.45, 7) is 6.03. The Morgan fingerprint density at radius 3 is 2.61 bits per heavy atom. The Kier molecular flexibility index (Phi) is 11.1. The number of hydrogen-bond donors (Lipinski definition) is 3. The summed E-state index contributed by atoms with van der Waals surface area (Å²) < 4.78 is 5.34. The van der Waals surface area contributed by atoms with E-state index in [9.17, 15) is 19.2 Å². The van der Waals surface area contributed by atoms with Gasteiger partial charge in [0.1, 0.15) is 10.7 Å². The van der Waals surface area contributed by atoms with Gasteiger partial charge in [-0.25, -0.2) is 4.79 Å². The van der Waals surface area contributed by atoms with Gasteiger partial charge in [-0.3, -0.25) is 14.4 Å². The number of carbonyl (C=O) groups excluding carboxylic acids is 4. The summed E-state index contributed by atoms with van der Waals surface area (Å²) in [5, 5.41) is 12.4. The molecule has 0 radical (unpaired) electrons. The molecule has 3 N–H and O–H groups in total. The number of fused-ring (bicyclic) bond motifs is 1. The number of nitrogens with one attached hydrogen (secondary N) is 3. The molecule has 2 heterocycles. The number of thioether (sulfide) groups is 1. The van der Waals surface area contributed by atoms with Crippen molar-refractivity contribution in [3.05, 3.63) is 104 Å². The first-order valence-electron chi connectivity index (χ1n) is 15.0. The number of thiophene rings is 2. The van der Waals surface area contributed by atoms with Gasteiger partial charge >= 0.3 is 5.97 Å². The predicted octanol–water partition coefficient (Wildman–Crippen LogP) is 7.64. The monoisotopic (exact) mass is 673 g/mol. The van der Waals surface area contributed by atoms with Crippen LogP contribution in [0.3, 0.4) is 0 Å². The standard InChI is InChI=1S/C35H35N3O5S3/c1-4-43-35(42)30-27-14-13-21(2)17-29(27)46-34(30)38-31(39)22(3)45-26-12-8-11-25(19-26)36-33(41)28(18-23-15-16-44-20-23)37-32(40)24-9-6-5-7-10-24/h5-12,15-16,18-22H,4,13-14,17H2,1-3H3,(H,36,41)(H,37,40)(H,38,39)/b28-18-. The SMILES string of the molecule is CCOC(=O)c1c(NC(=O)C(C)Sc2cccc(NC(=O)/C(=C/c3ccsc3)NC(=O)c3ccccc3)c2)sc2c1CCC(C)C2. The van der Waals surface area contributed by atoms with E-state index in [0.717, 1.165) is 40.2 Å². The maximum absolute atomic E-state index is 13.4. The number of ether oxygens (including phenoxy) is 1. The lowest BCUT2D eigenvalue weighted by Crippen LogP contribution is -2.30. The molecule has 5 rings (SSSR count). The molecular weight excluding hydrogens is 639 g/mol. The van der Waals surface area contributed by atoms with Crippen LogP contribution in [-0.4, -0.2) is 35.5 Å². The molecule has 2 aromatic heterocycles. The Bertz CT molecular complexity index is 1750. The molecule has 46 heavy (non-hydrogen) atoms. The van der Waals surface area contributed by atoms with Crippen molar-refractivity contribution in [3.8, 4) is 0 Å². The van der Waals surface area contributed by atoms with Crippen LogP contribution in [0.25, 0.3) is 6.08 Å². The number of amides is 3. The second-order valence-electron chi connectivity index (χ2n) is 10.9. The summed E-state index contributed by atoms with van der Waals surface area (Å²) in [6.07, 6.45) is 4.30. The van der Waals surface area contributed by atoms with Crippen LogP contribution in [0, 0.1) is 5.92 Å². The molecule has 0 bridgehead atoms. The lowest BCUT2D eigenvalue weighted by Gasteiger charge is -2.18. The molecule has 1 aliphatic rings. The van der Waals surface area contributed by atoms with Gasteiger partial charge in [-0.1, -0.05) is 31.2 Å². The molecule has 0 spiro atoms. The first kappa shape index (κ1) is 33.2. The van der Waals surface area contributed by atoms with E-state index < -0.39 is 23.0 Å². The molecule has 2 atom stereocenters. The molecule has 11 heteroatoms. The summed E-state index contributed by atoms with van der Waals surface area (Å²) in [5.74, 6) is -0.990. The molecule has 1 aliphatic carbocycles. The van der Waals surface area contributed by atoms with E-state index in [1.165, 1.54) is 34.4 Å². The van der Waals surface area contributed by atoms with Crippen molar-refractivity contribution in [3.63, 3.8) is 0 Å². The quantitative estimate of drug-likeness (QED) is 0.0857. The van der Waals surface area contributed by atoms with Gasteiger partial charge in [0, 0.05) is 21.0 Å². The van der Waals surface area contributed by atoms with Crippen LogP contribution in [0.5, 0.6) is 0 Å². The zero-order valence-electron chi connectivity index (χ0n) is 25.8. The summed E-state index contributed by atoms with van der Waals surface area (Å²) in [5.41, 5.74) is 3.31. The van der Waals surface area contributed by atoms with Gasteiger partial charge in [-0.2, -0.15) is 11.3 Å². The molecule has 2 aromatic carbocycles. The minimum Gasteiger partial charge on any atom is -0.462 e. The van der Waals surface area contributed by atoms with E-state index in [-0.39, 0.29) is 18.2 Å². The van der Waals surface area contributed by atoms with Crippen LogP contribution in [0.15, 0.2) is 82.0 Å². The van der Waals surface area contributed by atoms with Crippen LogP contribution < -0.4 is 16.0 Å². The predicted molar refractivity (Wildman–Crippen MR) is 187 cm³/mol. The number of esters is 1. The Morgan fingerprint density at radius 1 is 1.07 bits per heavy atom. The number of carbonyl (C=O) groups is 4. The maximum atomic E-state index is 13.4. The van der Waals surface area contributed by atoms with E-state index in [1.807, 2.05) is 29.0 Å². The third-order valence-electron chi connectivity index (χ3n) is 7.38. The van der Waals surface area contributed by atoms with Crippen molar-refractivity contribution >= 4 is 74.9 Å². The Balaban J connectivity index is 1.27. The molecule has 3 amide bonds.